The highest BCUT2D eigenvalue weighted by molar-refractivity contribution is 5.55. The molecular formula is C11H27NO. The molecule has 2 heteroatoms. The zero-order valence-electron chi connectivity index (χ0n) is 10.4. The molecule has 0 saturated carbocycles. The first kappa shape index (κ1) is 22.8. The third-order valence-corrected chi connectivity index (χ3v) is 0.393. The molecule has 0 aliphatic heterocycles. The van der Waals surface area contributed by atoms with Gasteiger partial charge in [-0.1, -0.05) is 60.2 Å². The minimum absolute atomic E-state index is 0.897. The van der Waals surface area contributed by atoms with Crippen molar-refractivity contribution in [3.05, 3.63) is 12.8 Å². The topological polar surface area (TPSA) is 21.6 Å². The summed E-state index contributed by atoms with van der Waals surface area (Å²) in [7, 11) is 0. The Morgan fingerprint density at radius 3 is 1.69 bits per heavy atom. The van der Waals surface area contributed by atoms with Crippen molar-refractivity contribution < 1.29 is 4.84 Å². The van der Waals surface area contributed by atoms with Crippen molar-refractivity contribution in [2.75, 3.05) is 0 Å². The Kier molecular flexibility index (Phi) is 115. The van der Waals surface area contributed by atoms with E-state index in [2.05, 4.69) is 16.6 Å². The second-order valence-electron chi connectivity index (χ2n) is 0.968. The maximum Gasteiger partial charge on any atom is 0.114 e. The highest BCUT2D eigenvalue weighted by Gasteiger charge is 1.62. The van der Waals surface area contributed by atoms with Gasteiger partial charge in [-0.05, 0) is 6.42 Å². The SMILES string of the molecule is C=CO/N=C\CC.CC.CC.CC. The smallest absolute Gasteiger partial charge is 0.114 e. The average molecular weight is 189 g/mol. The number of hydrogen-bond donors (Lipinski definition) is 0. The minimum atomic E-state index is 0.897. The Hall–Kier alpha value is -0.790. The van der Waals surface area contributed by atoms with Crippen molar-refractivity contribution in [3.8, 4) is 0 Å². The van der Waals surface area contributed by atoms with E-state index < -0.39 is 0 Å². The van der Waals surface area contributed by atoms with Crippen LogP contribution in [0.25, 0.3) is 0 Å². The van der Waals surface area contributed by atoms with Crippen LogP contribution in [0.2, 0.25) is 0 Å². The summed E-state index contributed by atoms with van der Waals surface area (Å²) < 4.78 is 0. The molecule has 0 aliphatic rings. The molecule has 0 aliphatic carbocycles. The quantitative estimate of drug-likeness (QED) is 0.360. The Balaban J connectivity index is -0.0000000573. The van der Waals surface area contributed by atoms with E-state index in [4.69, 9.17) is 0 Å². The lowest BCUT2D eigenvalue weighted by atomic mass is 10.6. The summed E-state index contributed by atoms with van der Waals surface area (Å²) in [6, 6.07) is 0. The van der Waals surface area contributed by atoms with Gasteiger partial charge >= 0.3 is 0 Å². The molecule has 2 nitrogen and oxygen atoms in total. The third kappa shape index (κ3) is 92.3. The molecule has 0 aromatic heterocycles. The summed E-state index contributed by atoms with van der Waals surface area (Å²) in [5.41, 5.74) is 0. The molecule has 13 heavy (non-hydrogen) atoms. The highest BCUT2D eigenvalue weighted by atomic mass is 16.6. The van der Waals surface area contributed by atoms with Gasteiger partial charge < -0.3 is 4.84 Å². The van der Waals surface area contributed by atoms with Crippen LogP contribution in [-0.2, 0) is 4.84 Å². The van der Waals surface area contributed by atoms with Crippen LogP contribution in [0.5, 0.6) is 0 Å². The predicted molar refractivity (Wildman–Crippen MR) is 64.1 cm³/mol. The Morgan fingerprint density at radius 2 is 1.46 bits per heavy atom. The van der Waals surface area contributed by atoms with Gasteiger partial charge in [0.15, 0.2) is 0 Å². The van der Waals surface area contributed by atoms with E-state index in [1.807, 2.05) is 48.5 Å². The first-order chi connectivity index (χ1) is 6.41. The molecule has 0 unspecified atom stereocenters. The summed E-state index contributed by atoms with van der Waals surface area (Å²) in [6.07, 6.45) is 3.85. The fourth-order valence-corrected chi connectivity index (χ4v) is 0.161. The zero-order valence-corrected chi connectivity index (χ0v) is 10.4. The fourth-order valence-electron chi connectivity index (χ4n) is 0.161. The molecule has 0 fully saturated rings. The summed E-state index contributed by atoms with van der Waals surface area (Å²) in [5, 5.41) is 3.47. The maximum absolute atomic E-state index is 4.41. The van der Waals surface area contributed by atoms with E-state index >= 15 is 0 Å². The number of rotatable bonds is 3. The van der Waals surface area contributed by atoms with Crippen LogP contribution in [0, 0.1) is 0 Å². The summed E-state index contributed by atoms with van der Waals surface area (Å²) >= 11 is 0. The second-order valence-corrected chi connectivity index (χ2v) is 0.968. The van der Waals surface area contributed by atoms with Crippen LogP contribution in [0.15, 0.2) is 18.0 Å². The van der Waals surface area contributed by atoms with Crippen LogP contribution in [0.3, 0.4) is 0 Å². The number of nitrogens with zero attached hydrogens (tertiary/aromatic N) is 1. The number of hydrogen-bond acceptors (Lipinski definition) is 2. The van der Waals surface area contributed by atoms with E-state index in [9.17, 15) is 0 Å². The van der Waals surface area contributed by atoms with E-state index in [1.54, 1.807) is 6.21 Å². The average Bonchev–Trinajstić information content (AvgIpc) is 2.27. The summed E-state index contributed by atoms with van der Waals surface area (Å²) in [4.78, 5) is 4.41. The molecule has 0 spiro atoms. The van der Waals surface area contributed by atoms with Crippen molar-refractivity contribution in [2.24, 2.45) is 5.16 Å². The monoisotopic (exact) mass is 189 g/mol. The first-order valence-corrected chi connectivity index (χ1v) is 5.20. The van der Waals surface area contributed by atoms with Gasteiger partial charge in [0.1, 0.15) is 6.26 Å². The molecule has 82 valence electrons. The van der Waals surface area contributed by atoms with Gasteiger partial charge in [0.2, 0.25) is 0 Å². The lowest BCUT2D eigenvalue weighted by Gasteiger charge is -1.80. The summed E-state index contributed by atoms with van der Waals surface area (Å²) in [6.45, 7) is 17.3. The largest absolute Gasteiger partial charge is 0.366 e. The van der Waals surface area contributed by atoms with Crippen LogP contribution in [-0.4, -0.2) is 6.21 Å². The van der Waals surface area contributed by atoms with Crippen molar-refractivity contribution in [3.63, 3.8) is 0 Å². The van der Waals surface area contributed by atoms with Crippen molar-refractivity contribution in [2.45, 2.75) is 54.9 Å². The van der Waals surface area contributed by atoms with E-state index in [0.29, 0.717) is 0 Å². The molecule has 0 radical (unpaired) electrons. The lowest BCUT2D eigenvalue weighted by Crippen LogP contribution is -1.67. The highest BCUT2D eigenvalue weighted by Crippen LogP contribution is 1.73. The van der Waals surface area contributed by atoms with Crippen LogP contribution < -0.4 is 0 Å². The summed E-state index contributed by atoms with van der Waals surface area (Å²) in [5.74, 6) is 0. The van der Waals surface area contributed by atoms with Gasteiger partial charge in [-0.3, -0.25) is 0 Å². The molecule has 0 atom stereocenters. The van der Waals surface area contributed by atoms with Crippen molar-refractivity contribution in [1.82, 2.24) is 0 Å². The van der Waals surface area contributed by atoms with E-state index in [-0.39, 0.29) is 0 Å². The molecule has 0 saturated heterocycles. The van der Waals surface area contributed by atoms with E-state index in [1.165, 1.54) is 6.26 Å². The third-order valence-electron chi connectivity index (χ3n) is 0.393. The van der Waals surface area contributed by atoms with Gasteiger partial charge in [-0.2, -0.15) is 0 Å². The lowest BCUT2D eigenvalue weighted by molar-refractivity contribution is 0.271. The first-order valence-electron chi connectivity index (χ1n) is 5.20. The van der Waals surface area contributed by atoms with Gasteiger partial charge in [0, 0.05) is 6.21 Å². The zero-order chi connectivity index (χ0) is 11.5. The van der Waals surface area contributed by atoms with Crippen molar-refractivity contribution in [1.29, 1.82) is 0 Å². The molecule has 0 rings (SSSR count). The molecule has 0 bridgehead atoms. The maximum atomic E-state index is 4.41. The number of oxime groups is 1. The van der Waals surface area contributed by atoms with Crippen LogP contribution >= 0.6 is 0 Å². The van der Waals surface area contributed by atoms with Crippen LogP contribution in [0.1, 0.15) is 54.9 Å². The van der Waals surface area contributed by atoms with Crippen LogP contribution in [0.4, 0.5) is 0 Å². The molecular weight excluding hydrogens is 162 g/mol. The fraction of sp³-hybridized carbons (Fsp3) is 0.727. The van der Waals surface area contributed by atoms with Gasteiger partial charge in [-0.15, -0.1) is 0 Å². The minimum Gasteiger partial charge on any atom is -0.366 e. The molecule has 0 N–H and O–H groups in total. The van der Waals surface area contributed by atoms with Gasteiger partial charge in [0.25, 0.3) is 0 Å². The molecule has 0 amide bonds. The Morgan fingerprint density at radius 1 is 1.08 bits per heavy atom. The van der Waals surface area contributed by atoms with E-state index in [0.717, 1.165) is 6.42 Å². The predicted octanol–water partition coefficient (Wildman–Crippen LogP) is 4.62. The van der Waals surface area contributed by atoms with Gasteiger partial charge in [-0.25, -0.2) is 0 Å². The molecule has 0 aromatic rings. The normalized spacial score (nSPS) is 6.38. The van der Waals surface area contributed by atoms with Crippen molar-refractivity contribution >= 4 is 6.21 Å². The van der Waals surface area contributed by atoms with Gasteiger partial charge in [0.05, 0.1) is 0 Å². The Labute approximate surface area is 84.7 Å². The Bertz CT molecular complexity index is 70.5. The standard InChI is InChI=1S/C5H9NO.3C2H6/c1-3-5-6-7-4-2;3*1-2/h4-5H,2-3H2,1H3;3*1-2H3/b6-5-;;;. The molecule has 0 heterocycles. The second kappa shape index (κ2) is 65.9. The molecule has 0 aromatic carbocycles.